The Morgan fingerprint density at radius 3 is 2.14 bits per heavy atom. The van der Waals surface area contributed by atoms with E-state index in [0.29, 0.717) is 22.3 Å². The van der Waals surface area contributed by atoms with Crippen LogP contribution in [-0.2, 0) is 16.4 Å². The van der Waals surface area contributed by atoms with Crippen molar-refractivity contribution in [2.24, 2.45) is 5.10 Å². The molecule has 4 nitrogen and oxygen atoms in total. The minimum atomic E-state index is -5.75. The van der Waals surface area contributed by atoms with Gasteiger partial charge >= 0.3 is 12.1 Å². The average molecular weight is 509 g/mol. The van der Waals surface area contributed by atoms with Crippen LogP contribution in [-0.4, -0.2) is 37.5 Å². The van der Waals surface area contributed by atoms with Crippen LogP contribution >= 0.6 is 0 Å². The number of sulfone groups is 1. The normalized spacial score (nSPS) is 16.9. The quantitative estimate of drug-likeness (QED) is 0.370. The Balaban J connectivity index is 1.69. The van der Waals surface area contributed by atoms with Gasteiger partial charge in [-0.1, -0.05) is 60.7 Å². The van der Waals surface area contributed by atoms with Gasteiger partial charge in [-0.05, 0) is 40.5 Å². The van der Waals surface area contributed by atoms with Crippen LogP contribution in [0.4, 0.5) is 22.0 Å². The van der Waals surface area contributed by atoms with E-state index in [1.54, 1.807) is 66.7 Å². The fourth-order valence-corrected chi connectivity index (χ4v) is 4.57. The van der Waals surface area contributed by atoms with E-state index in [2.05, 4.69) is 5.10 Å². The van der Waals surface area contributed by atoms with Gasteiger partial charge in [0.25, 0.3) is 0 Å². The predicted octanol–water partition coefficient (Wildman–Crippen LogP) is 6.26. The first-order valence-corrected chi connectivity index (χ1v) is 12.5. The van der Waals surface area contributed by atoms with Gasteiger partial charge in [0.1, 0.15) is 5.71 Å². The van der Waals surface area contributed by atoms with Crippen LogP contribution in [0.3, 0.4) is 0 Å². The topological polar surface area (TPSA) is 49.7 Å². The van der Waals surface area contributed by atoms with Crippen LogP contribution in [0.2, 0.25) is 0 Å². The third-order valence-electron chi connectivity index (χ3n) is 5.79. The molecule has 0 N–H and O–H groups in total. The highest BCUT2D eigenvalue weighted by Crippen LogP contribution is 2.44. The molecule has 0 saturated carbocycles. The lowest BCUT2D eigenvalue weighted by Gasteiger charge is -2.24. The summed E-state index contributed by atoms with van der Waals surface area (Å²) in [6, 6.07) is 20.8. The SMILES string of the molecule is CS(=O)(=O)c1ccc(-c2cccc(C3CC(C(F)(F)C(F)(F)F)=NN3Cc3ccccc3)c2)cc1. The zero-order valence-corrected chi connectivity index (χ0v) is 19.3. The average Bonchev–Trinajstić information content (AvgIpc) is 3.23. The van der Waals surface area contributed by atoms with Crippen LogP contribution in [0.5, 0.6) is 0 Å². The van der Waals surface area contributed by atoms with Crippen molar-refractivity contribution in [3.63, 3.8) is 0 Å². The molecule has 3 aromatic rings. The zero-order valence-electron chi connectivity index (χ0n) is 18.5. The van der Waals surface area contributed by atoms with Gasteiger partial charge in [0.15, 0.2) is 9.84 Å². The Morgan fingerprint density at radius 2 is 1.54 bits per heavy atom. The van der Waals surface area contributed by atoms with Gasteiger partial charge in [-0.3, -0.25) is 5.01 Å². The molecule has 0 aliphatic carbocycles. The number of alkyl halides is 5. The van der Waals surface area contributed by atoms with Crippen molar-refractivity contribution >= 4 is 15.5 Å². The number of benzene rings is 3. The second-order valence-corrected chi connectivity index (χ2v) is 10.4. The van der Waals surface area contributed by atoms with Crippen molar-refractivity contribution in [3.8, 4) is 11.1 Å². The van der Waals surface area contributed by atoms with Crippen LogP contribution in [0.25, 0.3) is 11.1 Å². The van der Waals surface area contributed by atoms with Gasteiger partial charge < -0.3 is 0 Å². The molecule has 1 aliphatic rings. The van der Waals surface area contributed by atoms with E-state index in [0.717, 1.165) is 6.26 Å². The number of halogens is 5. The lowest BCUT2D eigenvalue weighted by molar-refractivity contribution is -0.249. The standard InChI is InChI=1S/C25H21F5N2O2S/c1-35(33,34)21-12-10-18(11-13-21)19-8-5-9-20(14-19)22-15-23(24(26,27)25(28,29)30)31-32(22)16-17-6-3-2-4-7-17/h2-14,22H,15-16H2,1H3. The lowest BCUT2D eigenvalue weighted by Crippen LogP contribution is -2.43. The van der Waals surface area contributed by atoms with Gasteiger partial charge in [0.05, 0.1) is 17.5 Å². The minimum Gasteiger partial charge on any atom is -0.285 e. The molecule has 1 unspecified atom stereocenters. The van der Waals surface area contributed by atoms with E-state index in [-0.39, 0.29) is 11.4 Å². The Bertz CT molecular complexity index is 1340. The van der Waals surface area contributed by atoms with Crippen LogP contribution in [0.1, 0.15) is 23.6 Å². The van der Waals surface area contributed by atoms with Crippen molar-refractivity contribution in [2.75, 3.05) is 6.26 Å². The largest absolute Gasteiger partial charge is 0.459 e. The van der Waals surface area contributed by atoms with E-state index < -0.39 is 40.1 Å². The van der Waals surface area contributed by atoms with E-state index >= 15 is 0 Å². The van der Waals surface area contributed by atoms with Crippen LogP contribution in [0, 0.1) is 0 Å². The first-order valence-electron chi connectivity index (χ1n) is 10.6. The van der Waals surface area contributed by atoms with Gasteiger partial charge in [0, 0.05) is 12.7 Å². The minimum absolute atomic E-state index is 0.0518. The molecule has 0 bridgehead atoms. The summed E-state index contributed by atoms with van der Waals surface area (Å²) >= 11 is 0. The Hall–Kier alpha value is -3.27. The summed E-state index contributed by atoms with van der Waals surface area (Å²) in [5, 5.41) is 4.99. The number of hydrogen-bond donors (Lipinski definition) is 0. The summed E-state index contributed by atoms with van der Waals surface area (Å²) in [6.45, 7) is 0.0518. The number of rotatable bonds is 6. The summed E-state index contributed by atoms with van der Waals surface area (Å²) in [5.41, 5.74) is 1.34. The molecular formula is C25H21F5N2O2S. The maximum atomic E-state index is 14.2. The molecule has 35 heavy (non-hydrogen) atoms. The smallest absolute Gasteiger partial charge is 0.285 e. The molecule has 0 radical (unpaired) electrons. The summed E-state index contributed by atoms with van der Waals surface area (Å²) < 4.78 is 91.0. The molecule has 0 spiro atoms. The monoisotopic (exact) mass is 508 g/mol. The fourth-order valence-electron chi connectivity index (χ4n) is 3.93. The van der Waals surface area contributed by atoms with Crippen LogP contribution < -0.4 is 0 Å². The lowest BCUT2D eigenvalue weighted by atomic mass is 9.95. The van der Waals surface area contributed by atoms with Gasteiger partial charge in [0.2, 0.25) is 0 Å². The van der Waals surface area contributed by atoms with Gasteiger partial charge in [-0.2, -0.15) is 27.1 Å². The van der Waals surface area contributed by atoms with Crippen molar-refractivity contribution in [3.05, 3.63) is 90.0 Å². The predicted molar refractivity (Wildman–Crippen MR) is 123 cm³/mol. The molecule has 1 heterocycles. The highest BCUT2D eigenvalue weighted by Gasteiger charge is 2.62. The molecule has 3 aromatic carbocycles. The van der Waals surface area contributed by atoms with Gasteiger partial charge in [-0.15, -0.1) is 0 Å². The summed E-state index contributed by atoms with van der Waals surface area (Å²) in [4.78, 5) is 0.148. The molecular weight excluding hydrogens is 487 g/mol. The second-order valence-electron chi connectivity index (χ2n) is 8.34. The first-order chi connectivity index (χ1) is 16.4. The molecule has 0 amide bonds. The molecule has 4 rings (SSSR count). The third kappa shape index (κ3) is 5.22. The second kappa shape index (κ2) is 9.07. The molecule has 1 atom stereocenters. The zero-order chi connectivity index (χ0) is 25.4. The van der Waals surface area contributed by atoms with E-state index in [1.807, 2.05) is 0 Å². The molecule has 0 aromatic heterocycles. The Morgan fingerprint density at radius 1 is 0.886 bits per heavy atom. The van der Waals surface area contributed by atoms with E-state index in [9.17, 15) is 30.4 Å². The fraction of sp³-hybridized carbons (Fsp3) is 0.240. The van der Waals surface area contributed by atoms with Crippen LogP contribution in [0.15, 0.2) is 88.9 Å². The highest BCUT2D eigenvalue weighted by atomic mass is 32.2. The molecule has 0 fully saturated rings. The van der Waals surface area contributed by atoms with Crippen molar-refractivity contribution in [1.82, 2.24) is 5.01 Å². The molecule has 0 saturated heterocycles. The first kappa shape index (κ1) is 24.8. The highest BCUT2D eigenvalue weighted by molar-refractivity contribution is 7.90. The van der Waals surface area contributed by atoms with Crippen molar-refractivity contribution in [1.29, 1.82) is 0 Å². The number of nitrogens with zero attached hydrogens (tertiary/aromatic N) is 2. The van der Waals surface area contributed by atoms with Crippen molar-refractivity contribution < 1.29 is 30.4 Å². The Labute approximate surface area is 199 Å². The van der Waals surface area contributed by atoms with E-state index in [1.165, 1.54) is 17.1 Å². The summed E-state index contributed by atoms with van der Waals surface area (Å²) in [5.74, 6) is -5.05. The third-order valence-corrected chi connectivity index (χ3v) is 6.92. The Kier molecular flexibility index (Phi) is 6.44. The summed E-state index contributed by atoms with van der Waals surface area (Å²) in [6.07, 6.45) is -5.24. The number of hydrogen-bond acceptors (Lipinski definition) is 4. The maximum Gasteiger partial charge on any atom is 0.459 e. The van der Waals surface area contributed by atoms with Crippen molar-refractivity contribution in [2.45, 2.75) is 36.0 Å². The molecule has 184 valence electrons. The maximum absolute atomic E-state index is 14.2. The summed E-state index contributed by atoms with van der Waals surface area (Å²) in [7, 11) is -3.38. The molecule has 10 heteroatoms. The molecule has 1 aliphatic heterocycles. The number of hydrazone groups is 1. The van der Waals surface area contributed by atoms with E-state index in [4.69, 9.17) is 0 Å². The van der Waals surface area contributed by atoms with Gasteiger partial charge in [-0.25, -0.2) is 8.42 Å².